The summed E-state index contributed by atoms with van der Waals surface area (Å²) in [5.41, 5.74) is 2.51. The van der Waals surface area contributed by atoms with Gasteiger partial charge >= 0.3 is 0 Å². The topological polar surface area (TPSA) is 12.4 Å². The second-order valence-corrected chi connectivity index (χ2v) is 3.25. The smallest absolute Gasteiger partial charge is 0.0301 e. The van der Waals surface area contributed by atoms with E-state index in [1.54, 1.807) is 0 Å². The summed E-state index contributed by atoms with van der Waals surface area (Å²) in [5.74, 6) is 0.584. The Morgan fingerprint density at radius 3 is 2.82 bits per heavy atom. The molecule has 60 valence electrons. The molecule has 0 spiro atoms. The molecule has 1 rings (SSSR count). The van der Waals surface area contributed by atoms with Gasteiger partial charge in [-0.3, -0.25) is 4.99 Å². The van der Waals surface area contributed by atoms with Crippen molar-refractivity contribution in [1.82, 2.24) is 0 Å². The van der Waals surface area contributed by atoms with Crippen molar-refractivity contribution in [3.05, 3.63) is 23.9 Å². The van der Waals surface area contributed by atoms with Crippen molar-refractivity contribution in [2.45, 2.75) is 27.2 Å². The van der Waals surface area contributed by atoms with E-state index in [4.69, 9.17) is 0 Å². The van der Waals surface area contributed by atoms with Crippen LogP contribution in [0, 0.1) is 5.92 Å². The lowest BCUT2D eigenvalue weighted by Crippen LogP contribution is -1.88. The van der Waals surface area contributed by atoms with E-state index < -0.39 is 0 Å². The maximum absolute atomic E-state index is 4.32. The van der Waals surface area contributed by atoms with E-state index in [1.165, 1.54) is 11.3 Å². The fourth-order valence-corrected chi connectivity index (χ4v) is 0.988. The maximum atomic E-state index is 4.32. The monoisotopic (exact) mass is 149 g/mol. The third-order valence-electron chi connectivity index (χ3n) is 1.82. The Morgan fingerprint density at radius 2 is 2.18 bits per heavy atom. The van der Waals surface area contributed by atoms with Crippen molar-refractivity contribution in [1.29, 1.82) is 0 Å². The highest BCUT2D eigenvalue weighted by Crippen LogP contribution is 2.13. The molecule has 0 saturated heterocycles. The third kappa shape index (κ3) is 2.34. The lowest BCUT2D eigenvalue weighted by atomic mass is 10.0. The number of rotatable bonds is 1. The SMILES string of the molecule is CC1=NC=C(C(C)C)C=CC1. The Labute approximate surface area is 68.5 Å². The first-order chi connectivity index (χ1) is 5.20. The van der Waals surface area contributed by atoms with E-state index in [2.05, 4.69) is 37.9 Å². The lowest BCUT2D eigenvalue weighted by Gasteiger charge is -2.02. The molecule has 0 bridgehead atoms. The van der Waals surface area contributed by atoms with Gasteiger partial charge in [-0.1, -0.05) is 26.0 Å². The van der Waals surface area contributed by atoms with Gasteiger partial charge in [-0.25, -0.2) is 0 Å². The van der Waals surface area contributed by atoms with Crippen molar-refractivity contribution < 1.29 is 0 Å². The summed E-state index contributed by atoms with van der Waals surface area (Å²) >= 11 is 0. The van der Waals surface area contributed by atoms with Crippen molar-refractivity contribution >= 4 is 5.71 Å². The summed E-state index contributed by atoms with van der Waals surface area (Å²) in [5, 5.41) is 0. The zero-order valence-corrected chi connectivity index (χ0v) is 7.46. The van der Waals surface area contributed by atoms with Crippen molar-refractivity contribution in [2.24, 2.45) is 10.9 Å². The molecule has 0 aromatic heterocycles. The Hall–Kier alpha value is -0.850. The molecule has 0 unspecified atom stereocenters. The molecule has 0 aromatic rings. The molecule has 1 aliphatic rings. The van der Waals surface area contributed by atoms with Crippen LogP contribution < -0.4 is 0 Å². The van der Waals surface area contributed by atoms with Gasteiger partial charge in [-0.15, -0.1) is 0 Å². The van der Waals surface area contributed by atoms with Crippen molar-refractivity contribution in [3.63, 3.8) is 0 Å². The van der Waals surface area contributed by atoms with Crippen LogP contribution in [-0.4, -0.2) is 5.71 Å². The van der Waals surface area contributed by atoms with Gasteiger partial charge in [0, 0.05) is 18.3 Å². The molecule has 11 heavy (non-hydrogen) atoms. The summed E-state index contributed by atoms with van der Waals surface area (Å²) < 4.78 is 0. The Morgan fingerprint density at radius 1 is 1.45 bits per heavy atom. The average molecular weight is 149 g/mol. The van der Waals surface area contributed by atoms with Crippen molar-refractivity contribution in [2.75, 3.05) is 0 Å². The van der Waals surface area contributed by atoms with E-state index in [9.17, 15) is 0 Å². The molecule has 0 saturated carbocycles. The minimum atomic E-state index is 0.584. The van der Waals surface area contributed by atoms with Gasteiger partial charge in [0.25, 0.3) is 0 Å². The average Bonchev–Trinajstić information content (AvgIpc) is 2.13. The molecule has 0 N–H and O–H groups in total. The largest absolute Gasteiger partial charge is 0.265 e. The minimum absolute atomic E-state index is 0.584. The molecule has 0 atom stereocenters. The fraction of sp³-hybridized carbons (Fsp3) is 0.500. The summed E-state index contributed by atoms with van der Waals surface area (Å²) in [6.45, 7) is 6.43. The molecular formula is C10H15N. The number of hydrogen-bond donors (Lipinski definition) is 0. The van der Waals surface area contributed by atoms with E-state index in [0.29, 0.717) is 5.92 Å². The fourth-order valence-electron chi connectivity index (χ4n) is 0.988. The predicted molar refractivity (Wildman–Crippen MR) is 49.8 cm³/mol. The number of aliphatic imine (C=N–C) groups is 1. The number of hydrogen-bond acceptors (Lipinski definition) is 1. The number of allylic oxidation sites excluding steroid dienone is 3. The van der Waals surface area contributed by atoms with Crippen LogP contribution in [0.4, 0.5) is 0 Å². The zero-order chi connectivity index (χ0) is 8.27. The van der Waals surface area contributed by atoms with Gasteiger partial charge in [-0.05, 0) is 18.4 Å². The van der Waals surface area contributed by atoms with E-state index in [0.717, 1.165) is 6.42 Å². The molecule has 0 fully saturated rings. The maximum Gasteiger partial charge on any atom is 0.0301 e. The molecular weight excluding hydrogens is 134 g/mol. The first kappa shape index (κ1) is 8.25. The van der Waals surface area contributed by atoms with Gasteiger partial charge in [-0.2, -0.15) is 0 Å². The normalized spacial score (nSPS) is 17.8. The summed E-state index contributed by atoms with van der Waals surface area (Å²) in [4.78, 5) is 4.32. The zero-order valence-electron chi connectivity index (χ0n) is 7.46. The van der Waals surface area contributed by atoms with Crippen LogP contribution in [-0.2, 0) is 0 Å². The van der Waals surface area contributed by atoms with E-state index in [1.807, 2.05) is 6.20 Å². The molecule has 0 amide bonds. The van der Waals surface area contributed by atoms with Crippen LogP contribution in [0.1, 0.15) is 27.2 Å². The molecule has 1 nitrogen and oxygen atoms in total. The van der Waals surface area contributed by atoms with Crippen LogP contribution >= 0.6 is 0 Å². The van der Waals surface area contributed by atoms with E-state index >= 15 is 0 Å². The molecule has 0 aromatic carbocycles. The number of nitrogens with zero attached hydrogens (tertiary/aromatic N) is 1. The predicted octanol–water partition coefficient (Wildman–Crippen LogP) is 2.95. The first-order valence-electron chi connectivity index (χ1n) is 4.10. The van der Waals surface area contributed by atoms with Gasteiger partial charge in [0.1, 0.15) is 0 Å². The second-order valence-electron chi connectivity index (χ2n) is 3.25. The summed E-state index contributed by atoms with van der Waals surface area (Å²) in [7, 11) is 0. The molecule has 0 aliphatic carbocycles. The highest BCUT2D eigenvalue weighted by molar-refractivity contribution is 5.84. The van der Waals surface area contributed by atoms with Crippen LogP contribution in [0.3, 0.4) is 0 Å². The highest BCUT2D eigenvalue weighted by atomic mass is 14.7. The Kier molecular flexibility index (Phi) is 2.64. The second kappa shape index (κ2) is 3.51. The Balaban J connectivity index is 2.81. The van der Waals surface area contributed by atoms with Crippen LogP contribution in [0.25, 0.3) is 0 Å². The minimum Gasteiger partial charge on any atom is -0.265 e. The van der Waals surface area contributed by atoms with E-state index in [-0.39, 0.29) is 0 Å². The highest BCUT2D eigenvalue weighted by Gasteiger charge is 2.00. The quantitative estimate of drug-likeness (QED) is 0.543. The Bertz CT molecular complexity index is 219. The lowest BCUT2D eigenvalue weighted by molar-refractivity contribution is 0.789. The first-order valence-corrected chi connectivity index (χ1v) is 4.10. The van der Waals surface area contributed by atoms with Gasteiger partial charge in [0.05, 0.1) is 0 Å². The van der Waals surface area contributed by atoms with Crippen LogP contribution in [0.5, 0.6) is 0 Å². The molecule has 1 heterocycles. The van der Waals surface area contributed by atoms with Gasteiger partial charge < -0.3 is 0 Å². The summed E-state index contributed by atoms with van der Waals surface area (Å²) in [6.07, 6.45) is 7.32. The molecule has 1 heteroatoms. The van der Waals surface area contributed by atoms with Gasteiger partial charge in [0.15, 0.2) is 0 Å². The summed E-state index contributed by atoms with van der Waals surface area (Å²) in [6, 6.07) is 0. The standard InChI is InChI=1S/C10H15N/c1-8(2)10-6-4-5-9(3)11-7-10/h4,6-8H,5H2,1-3H3. The van der Waals surface area contributed by atoms with Crippen molar-refractivity contribution in [3.8, 4) is 0 Å². The van der Waals surface area contributed by atoms with Crippen LogP contribution in [0.15, 0.2) is 28.9 Å². The molecule has 0 radical (unpaired) electrons. The third-order valence-corrected chi connectivity index (χ3v) is 1.82. The van der Waals surface area contributed by atoms with Crippen LogP contribution in [0.2, 0.25) is 0 Å². The molecule has 1 aliphatic heterocycles. The van der Waals surface area contributed by atoms with Gasteiger partial charge in [0.2, 0.25) is 0 Å².